The van der Waals surface area contributed by atoms with E-state index in [1.54, 1.807) is 12.1 Å². The van der Waals surface area contributed by atoms with Gasteiger partial charge in [0.15, 0.2) is 6.23 Å². The molecule has 1 aliphatic rings. The van der Waals surface area contributed by atoms with Crippen LogP contribution in [-0.2, 0) is 4.74 Å². The molecule has 4 N–H and O–H groups in total. The van der Waals surface area contributed by atoms with Gasteiger partial charge < -0.3 is 25.0 Å². The smallest absolute Gasteiger partial charge is 0.351 e. The number of halogens is 1. The van der Waals surface area contributed by atoms with E-state index in [1.165, 1.54) is 6.20 Å². The zero-order chi connectivity index (χ0) is 18.4. The summed E-state index contributed by atoms with van der Waals surface area (Å²) in [4.78, 5) is 19.4. The number of aliphatic hydroxyl groups is 3. The van der Waals surface area contributed by atoms with Crippen molar-refractivity contribution < 1.29 is 20.1 Å². The first-order chi connectivity index (χ1) is 12.5. The second-order valence-electron chi connectivity index (χ2n) is 6.15. The normalized spacial score (nSPS) is 25.8. The molecule has 4 rings (SSSR count). The average Bonchev–Trinajstić information content (AvgIpc) is 3.16. The van der Waals surface area contributed by atoms with Crippen LogP contribution in [0.3, 0.4) is 0 Å². The number of hydrogen-bond acceptors (Lipinski definition) is 6. The molecule has 0 radical (unpaired) electrons. The molecule has 0 saturated carbocycles. The van der Waals surface area contributed by atoms with E-state index in [9.17, 15) is 20.1 Å². The second-order valence-corrected chi connectivity index (χ2v) is 6.59. The first kappa shape index (κ1) is 17.2. The molecule has 0 aliphatic carbocycles. The fourth-order valence-electron chi connectivity index (χ4n) is 3.09. The summed E-state index contributed by atoms with van der Waals surface area (Å²) < 4.78 is 6.52. The standard InChI is InChI=1S/C17H16ClN3O5/c18-10-3-1-8(2-4-10)11-5-9-6-21(17(25)20-15(9)19-11)16-14(24)13(23)12(7-22)26-16/h1-6,12-14,16,22-24H,7H2,(H,19,20,25)/t12-,13-,14+,16-/m1/s1. The third kappa shape index (κ3) is 2.81. The van der Waals surface area contributed by atoms with Gasteiger partial charge in [0, 0.05) is 22.3 Å². The molecule has 3 heterocycles. The highest BCUT2D eigenvalue weighted by atomic mass is 35.5. The van der Waals surface area contributed by atoms with Crippen molar-refractivity contribution in [3.8, 4) is 11.3 Å². The first-order valence-corrected chi connectivity index (χ1v) is 8.36. The summed E-state index contributed by atoms with van der Waals surface area (Å²) in [6, 6.07) is 9.00. The van der Waals surface area contributed by atoms with Crippen LogP contribution in [0.5, 0.6) is 0 Å². The predicted octanol–water partition coefficient (Wildman–Crippen LogP) is 0.656. The summed E-state index contributed by atoms with van der Waals surface area (Å²) in [5, 5.41) is 30.4. The van der Waals surface area contributed by atoms with Crippen LogP contribution >= 0.6 is 11.6 Å². The molecule has 0 spiro atoms. The average molecular weight is 378 g/mol. The summed E-state index contributed by atoms with van der Waals surface area (Å²) in [6.45, 7) is -0.468. The lowest BCUT2D eigenvalue weighted by molar-refractivity contribution is -0.0547. The number of H-pyrrole nitrogens is 1. The van der Waals surface area contributed by atoms with Gasteiger partial charge in [-0.2, -0.15) is 4.98 Å². The molecular weight excluding hydrogens is 362 g/mol. The van der Waals surface area contributed by atoms with Crippen LogP contribution < -0.4 is 5.69 Å². The highest BCUT2D eigenvalue weighted by Gasteiger charge is 2.43. The summed E-state index contributed by atoms with van der Waals surface area (Å²) in [7, 11) is 0. The Morgan fingerprint density at radius 2 is 1.96 bits per heavy atom. The van der Waals surface area contributed by atoms with Crippen LogP contribution in [-0.4, -0.2) is 54.8 Å². The molecule has 1 aliphatic heterocycles. The number of rotatable bonds is 3. The van der Waals surface area contributed by atoms with Gasteiger partial charge in [-0.05, 0) is 23.8 Å². The Balaban J connectivity index is 1.75. The Morgan fingerprint density at radius 1 is 1.23 bits per heavy atom. The van der Waals surface area contributed by atoms with Crippen molar-refractivity contribution in [2.45, 2.75) is 24.5 Å². The van der Waals surface area contributed by atoms with Crippen LogP contribution in [0.2, 0.25) is 5.02 Å². The fourth-order valence-corrected chi connectivity index (χ4v) is 3.21. The maximum absolute atomic E-state index is 12.3. The van der Waals surface area contributed by atoms with Crippen molar-refractivity contribution in [3.63, 3.8) is 0 Å². The summed E-state index contributed by atoms with van der Waals surface area (Å²) >= 11 is 5.90. The first-order valence-electron chi connectivity index (χ1n) is 7.98. The second kappa shape index (κ2) is 6.49. The van der Waals surface area contributed by atoms with Crippen LogP contribution in [0.15, 0.2) is 41.3 Å². The van der Waals surface area contributed by atoms with Crippen molar-refractivity contribution in [3.05, 3.63) is 52.0 Å². The SMILES string of the molecule is O=c1nc2[nH]c(-c3ccc(Cl)cc3)cc2cn1[C@@H]1O[C@H](CO)[C@@H](O)[C@@H]1O. The van der Waals surface area contributed by atoms with Crippen molar-refractivity contribution in [2.75, 3.05) is 6.61 Å². The van der Waals surface area contributed by atoms with Gasteiger partial charge in [0.1, 0.15) is 24.0 Å². The molecule has 1 saturated heterocycles. The highest BCUT2D eigenvalue weighted by molar-refractivity contribution is 6.30. The topological polar surface area (TPSA) is 121 Å². The Kier molecular flexibility index (Phi) is 4.29. The highest BCUT2D eigenvalue weighted by Crippen LogP contribution is 2.29. The lowest BCUT2D eigenvalue weighted by Gasteiger charge is -2.16. The number of nitrogens with zero attached hydrogens (tertiary/aromatic N) is 2. The van der Waals surface area contributed by atoms with E-state index in [1.807, 2.05) is 18.2 Å². The summed E-state index contributed by atoms with van der Waals surface area (Å²) in [6.07, 6.45) is -3.22. The predicted molar refractivity (Wildman–Crippen MR) is 93.8 cm³/mol. The molecule has 3 aromatic rings. The molecule has 0 amide bonds. The molecule has 1 aromatic carbocycles. The number of aromatic amines is 1. The quantitative estimate of drug-likeness (QED) is 0.532. The third-order valence-corrected chi connectivity index (χ3v) is 4.73. The third-order valence-electron chi connectivity index (χ3n) is 4.48. The van der Waals surface area contributed by atoms with Crippen LogP contribution in [0.25, 0.3) is 22.3 Å². The van der Waals surface area contributed by atoms with Crippen molar-refractivity contribution in [2.24, 2.45) is 0 Å². The van der Waals surface area contributed by atoms with Crippen molar-refractivity contribution in [1.29, 1.82) is 0 Å². The van der Waals surface area contributed by atoms with Crippen LogP contribution in [0.4, 0.5) is 0 Å². The van der Waals surface area contributed by atoms with Gasteiger partial charge >= 0.3 is 5.69 Å². The van der Waals surface area contributed by atoms with Gasteiger partial charge in [-0.1, -0.05) is 23.7 Å². The Hall–Kier alpha value is -2.23. The largest absolute Gasteiger partial charge is 0.394 e. The summed E-state index contributed by atoms with van der Waals surface area (Å²) in [5.41, 5.74) is 1.38. The Morgan fingerprint density at radius 3 is 2.62 bits per heavy atom. The molecule has 0 bridgehead atoms. The molecule has 8 nitrogen and oxygen atoms in total. The molecule has 136 valence electrons. The number of aliphatic hydroxyl groups excluding tert-OH is 3. The molecule has 1 fully saturated rings. The van der Waals surface area contributed by atoms with Gasteiger partial charge in [0.05, 0.1) is 6.61 Å². The Bertz CT molecular complexity index is 1000. The Labute approximate surface area is 152 Å². The monoisotopic (exact) mass is 377 g/mol. The molecule has 9 heteroatoms. The lowest BCUT2D eigenvalue weighted by Crippen LogP contribution is -2.35. The van der Waals surface area contributed by atoms with E-state index in [4.69, 9.17) is 16.3 Å². The van der Waals surface area contributed by atoms with Gasteiger partial charge in [-0.3, -0.25) is 4.57 Å². The van der Waals surface area contributed by atoms with E-state index in [0.29, 0.717) is 16.1 Å². The molecule has 2 aromatic heterocycles. The zero-order valence-corrected chi connectivity index (χ0v) is 14.2. The van der Waals surface area contributed by atoms with Gasteiger partial charge in [0.25, 0.3) is 0 Å². The minimum atomic E-state index is -1.35. The van der Waals surface area contributed by atoms with Gasteiger partial charge in [0.2, 0.25) is 0 Å². The van der Waals surface area contributed by atoms with Gasteiger partial charge in [-0.15, -0.1) is 0 Å². The minimum Gasteiger partial charge on any atom is -0.394 e. The molecule has 4 atom stereocenters. The number of fused-ring (bicyclic) bond motifs is 1. The number of ether oxygens (including phenoxy) is 1. The number of benzene rings is 1. The van der Waals surface area contributed by atoms with E-state index in [-0.39, 0.29) is 0 Å². The van der Waals surface area contributed by atoms with Crippen LogP contribution in [0.1, 0.15) is 6.23 Å². The lowest BCUT2D eigenvalue weighted by atomic mass is 10.1. The van der Waals surface area contributed by atoms with Crippen LogP contribution in [0, 0.1) is 0 Å². The van der Waals surface area contributed by atoms with Crippen molar-refractivity contribution >= 4 is 22.6 Å². The van der Waals surface area contributed by atoms with E-state index in [0.717, 1.165) is 15.8 Å². The maximum Gasteiger partial charge on any atom is 0.351 e. The number of nitrogens with one attached hydrogen (secondary N) is 1. The fraction of sp³-hybridized carbons (Fsp3) is 0.294. The molecule has 0 unspecified atom stereocenters. The van der Waals surface area contributed by atoms with Crippen molar-refractivity contribution in [1.82, 2.24) is 14.5 Å². The van der Waals surface area contributed by atoms with E-state index in [2.05, 4.69) is 9.97 Å². The zero-order valence-electron chi connectivity index (χ0n) is 13.4. The van der Waals surface area contributed by atoms with Gasteiger partial charge in [-0.25, -0.2) is 4.79 Å². The van der Waals surface area contributed by atoms with E-state index < -0.39 is 36.8 Å². The molecular formula is C17H16ClN3O5. The number of aromatic nitrogens is 3. The molecule has 26 heavy (non-hydrogen) atoms. The minimum absolute atomic E-state index is 0.392. The summed E-state index contributed by atoms with van der Waals surface area (Å²) in [5.74, 6) is 0. The maximum atomic E-state index is 12.3. The van der Waals surface area contributed by atoms with E-state index >= 15 is 0 Å². The number of hydrogen-bond donors (Lipinski definition) is 4.